The highest BCUT2D eigenvalue weighted by molar-refractivity contribution is 5.91. The lowest BCUT2D eigenvalue weighted by Crippen LogP contribution is -2.29. The van der Waals surface area contributed by atoms with Gasteiger partial charge in [0.15, 0.2) is 0 Å². The number of amides is 1. The second kappa shape index (κ2) is 5.94. The van der Waals surface area contributed by atoms with Gasteiger partial charge in [-0.05, 0) is 18.6 Å². The average molecular weight is 261 g/mol. The number of nitrogens with one attached hydrogen (secondary N) is 2. The van der Waals surface area contributed by atoms with Crippen LogP contribution in [0.5, 0.6) is 0 Å². The van der Waals surface area contributed by atoms with Crippen molar-refractivity contribution in [1.29, 1.82) is 0 Å². The van der Waals surface area contributed by atoms with Gasteiger partial charge in [0.05, 0.1) is 12.2 Å². The maximum atomic E-state index is 11.9. The third-order valence-electron chi connectivity index (χ3n) is 2.53. The van der Waals surface area contributed by atoms with Crippen molar-refractivity contribution in [1.82, 2.24) is 25.3 Å². The van der Waals surface area contributed by atoms with Gasteiger partial charge in [0.1, 0.15) is 5.69 Å². The SMILES string of the molecule is CCCn1nc(C(=O)NCc2ccn[nH]2)ccc1=O. The zero-order valence-electron chi connectivity index (χ0n) is 10.6. The van der Waals surface area contributed by atoms with Crippen molar-refractivity contribution in [2.24, 2.45) is 0 Å². The summed E-state index contributed by atoms with van der Waals surface area (Å²) in [4.78, 5) is 23.4. The topological polar surface area (TPSA) is 92.7 Å². The Morgan fingerprint density at radius 3 is 2.95 bits per heavy atom. The lowest BCUT2D eigenvalue weighted by molar-refractivity contribution is 0.0942. The minimum absolute atomic E-state index is 0.202. The van der Waals surface area contributed by atoms with E-state index in [0.29, 0.717) is 13.1 Å². The van der Waals surface area contributed by atoms with Crippen LogP contribution in [0.4, 0.5) is 0 Å². The van der Waals surface area contributed by atoms with Crippen LogP contribution in [0.2, 0.25) is 0 Å². The molecule has 19 heavy (non-hydrogen) atoms. The Hall–Kier alpha value is -2.44. The summed E-state index contributed by atoms with van der Waals surface area (Å²) in [6.45, 7) is 2.78. The molecule has 7 nitrogen and oxygen atoms in total. The molecule has 0 aliphatic heterocycles. The quantitative estimate of drug-likeness (QED) is 0.810. The van der Waals surface area contributed by atoms with E-state index < -0.39 is 0 Å². The third-order valence-corrected chi connectivity index (χ3v) is 2.53. The van der Waals surface area contributed by atoms with Crippen LogP contribution in [0.15, 0.2) is 29.2 Å². The Morgan fingerprint density at radius 2 is 2.26 bits per heavy atom. The Morgan fingerprint density at radius 1 is 1.42 bits per heavy atom. The summed E-state index contributed by atoms with van der Waals surface area (Å²) in [7, 11) is 0. The summed E-state index contributed by atoms with van der Waals surface area (Å²) in [5, 5.41) is 13.3. The molecule has 0 saturated heterocycles. The second-order valence-corrected chi connectivity index (χ2v) is 4.04. The first kappa shape index (κ1) is 13.0. The molecule has 2 N–H and O–H groups in total. The van der Waals surface area contributed by atoms with Crippen LogP contribution in [-0.2, 0) is 13.1 Å². The number of aromatic amines is 1. The van der Waals surface area contributed by atoms with Crippen LogP contribution in [0, 0.1) is 0 Å². The normalized spacial score (nSPS) is 10.4. The summed E-state index contributed by atoms with van der Waals surface area (Å²) < 4.78 is 1.30. The maximum Gasteiger partial charge on any atom is 0.272 e. The molecule has 100 valence electrons. The summed E-state index contributed by atoms with van der Waals surface area (Å²) in [6, 6.07) is 4.55. The van der Waals surface area contributed by atoms with E-state index in [2.05, 4.69) is 20.6 Å². The molecule has 1 amide bonds. The van der Waals surface area contributed by atoms with Crippen LogP contribution in [0.25, 0.3) is 0 Å². The highest BCUT2D eigenvalue weighted by Gasteiger charge is 2.09. The fraction of sp³-hybridized carbons (Fsp3) is 0.333. The number of H-pyrrole nitrogens is 1. The molecule has 2 rings (SSSR count). The van der Waals surface area contributed by atoms with Crippen LogP contribution < -0.4 is 10.9 Å². The van der Waals surface area contributed by atoms with Gasteiger partial charge in [-0.2, -0.15) is 10.2 Å². The smallest absolute Gasteiger partial charge is 0.272 e. The van der Waals surface area contributed by atoms with Gasteiger partial charge in [0, 0.05) is 18.8 Å². The summed E-state index contributed by atoms with van der Waals surface area (Å²) >= 11 is 0. The Bertz CT molecular complexity index is 603. The van der Waals surface area contributed by atoms with Crippen molar-refractivity contribution in [2.75, 3.05) is 0 Å². The van der Waals surface area contributed by atoms with Crippen molar-refractivity contribution in [3.05, 3.63) is 46.1 Å². The average Bonchev–Trinajstić information content (AvgIpc) is 2.92. The molecule has 0 radical (unpaired) electrons. The van der Waals surface area contributed by atoms with Gasteiger partial charge in [-0.3, -0.25) is 14.7 Å². The van der Waals surface area contributed by atoms with E-state index in [1.54, 1.807) is 12.3 Å². The number of carbonyl (C=O) groups is 1. The lowest BCUT2D eigenvalue weighted by atomic mass is 10.3. The van der Waals surface area contributed by atoms with Gasteiger partial charge in [-0.15, -0.1) is 0 Å². The zero-order valence-corrected chi connectivity index (χ0v) is 10.6. The van der Waals surface area contributed by atoms with E-state index in [4.69, 9.17) is 0 Å². The van der Waals surface area contributed by atoms with E-state index in [1.807, 2.05) is 6.92 Å². The standard InChI is InChI=1S/C12H15N5O2/c1-2-7-17-11(18)4-3-10(16-17)12(19)13-8-9-5-6-14-15-9/h3-6H,2,7-8H2,1H3,(H,13,19)(H,14,15). The van der Waals surface area contributed by atoms with Crippen molar-refractivity contribution < 1.29 is 4.79 Å². The van der Waals surface area contributed by atoms with Gasteiger partial charge < -0.3 is 5.32 Å². The molecule has 2 heterocycles. The molecule has 0 unspecified atom stereocenters. The van der Waals surface area contributed by atoms with Crippen LogP contribution in [0.1, 0.15) is 29.5 Å². The maximum absolute atomic E-state index is 11.9. The molecule has 0 aromatic carbocycles. The van der Waals surface area contributed by atoms with E-state index in [0.717, 1.165) is 12.1 Å². The molecule has 0 fully saturated rings. The van der Waals surface area contributed by atoms with E-state index >= 15 is 0 Å². The highest BCUT2D eigenvalue weighted by Crippen LogP contribution is 1.95. The van der Waals surface area contributed by atoms with Crippen LogP contribution in [0.3, 0.4) is 0 Å². The van der Waals surface area contributed by atoms with E-state index in [-0.39, 0.29) is 17.2 Å². The molecule has 0 spiro atoms. The fourth-order valence-corrected chi connectivity index (χ4v) is 1.59. The Labute approximate surface area is 109 Å². The predicted octanol–water partition coefficient (Wildman–Crippen LogP) is 0.306. The molecule has 0 aliphatic rings. The van der Waals surface area contributed by atoms with Gasteiger partial charge in [-0.1, -0.05) is 6.92 Å². The van der Waals surface area contributed by atoms with Gasteiger partial charge in [-0.25, -0.2) is 4.68 Å². The van der Waals surface area contributed by atoms with E-state index in [1.165, 1.54) is 16.8 Å². The van der Waals surface area contributed by atoms with Crippen molar-refractivity contribution >= 4 is 5.91 Å². The van der Waals surface area contributed by atoms with Gasteiger partial charge >= 0.3 is 0 Å². The zero-order chi connectivity index (χ0) is 13.7. The summed E-state index contributed by atoms with van der Waals surface area (Å²) in [6.07, 6.45) is 2.40. The van der Waals surface area contributed by atoms with Crippen molar-refractivity contribution in [2.45, 2.75) is 26.4 Å². The molecule has 0 saturated carbocycles. The second-order valence-electron chi connectivity index (χ2n) is 4.04. The molecule has 2 aromatic rings. The van der Waals surface area contributed by atoms with Gasteiger partial charge in [0.25, 0.3) is 11.5 Å². The molecular weight excluding hydrogens is 246 g/mol. The number of carbonyl (C=O) groups excluding carboxylic acids is 1. The van der Waals surface area contributed by atoms with E-state index in [9.17, 15) is 9.59 Å². The third kappa shape index (κ3) is 3.27. The number of aryl methyl sites for hydroxylation is 1. The molecule has 7 heteroatoms. The summed E-state index contributed by atoms with van der Waals surface area (Å²) in [5.41, 5.74) is 0.828. The van der Waals surface area contributed by atoms with Gasteiger partial charge in [0.2, 0.25) is 0 Å². The first-order valence-electron chi connectivity index (χ1n) is 6.05. The Kier molecular flexibility index (Phi) is 4.07. The minimum atomic E-state index is -0.320. The predicted molar refractivity (Wildman–Crippen MR) is 68.5 cm³/mol. The molecule has 2 aromatic heterocycles. The van der Waals surface area contributed by atoms with Crippen molar-refractivity contribution in [3.8, 4) is 0 Å². The number of aromatic nitrogens is 4. The lowest BCUT2D eigenvalue weighted by Gasteiger charge is -2.06. The first-order chi connectivity index (χ1) is 9.20. The summed E-state index contributed by atoms with van der Waals surface area (Å²) in [5.74, 6) is -0.320. The molecular formula is C12H15N5O2. The number of rotatable bonds is 5. The molecule has 0 atom stereocenters. The van der Waals surface area contributed by atoms with Crippen LogP contribution >= 0.6 is 0 Å². The fourth-order valence-electron chi connectivity index (χ4n) is 1.59. The minimum Gasteiger partial charge on any atom is -0.345 e. The first-order valence-corrected chi connectivity index (χ1v) is 6.05. The highest BCUT2D eigenvalue weighted by atomic mass is 16.2. The largest absolute Gasteiger partial charge is 0.345 e. The number of hydrogen-bond acceptors (Lipinski definition) is 4. The van der Waals surface area contributed by atoms with Crippen LogP contribution in [-0.4, -0.2) is 25.9 Å². The monoisotopic (exact) mass is 261 g/mol. The van der Waals surface area contributed by atoms with Crippen molar-refractivity contribution in [3.63, 3.8) is 0 Å². The Balaban J connectivity index is 2.06. The number of hydrogen-bond donors (Lipinski definition) is 2. The molecule has 0 aliphatic carbocycles. The molecule has 0 bridgehead atoms. The number of nitrogens with zero attached hydrogens (tertiary/aromatic N) is 3.